The van der Waals surface area contributed by atoms with Crippen molar-refractivity contribution in [3.8, 4) is 0 Å². The van der Waals surface area contributed by atoms with Crippen molar-refractivity contribution in [2.45, 2.75) is 25.3 Å². The Morgan fingerprint density at radius 3 is 2.61 bits per heavy atom. The third kappa shape index (κ3) is 4.02. The number of anilines is 1. The van der Waals surface area contributed by atoms with Gasteiger partial charge >= 0.3 is 0 Å². The third-order valence-corrected chi connectivity index (χ3v) is 3.95. The summed E-state index contributed by atoms with van der Waals surface area (Å²) in [5, 5.41) is 10.5. The Balaban J connectivity index is 0.00000132. The number of halogens is 2. The molecule has 0 radical (unpaired) electrons. The molecule has 23 heavy (non-hydrogen) atoms. The lowest BCUT2D eigenvalue weighted by atomic mass is 9.87. The van der Waals surface area contributed by atoms with Gasteiger partial charge in [-0.05, 0) is 50.6 Å². The normalized spacial score (nSPS) is 15.9. The highest BCUT2D eigenvalue weighted by Gasteiger charge is 2.42. The minimum absolute atomic E-state index is 0. The van der Waals surface area contributed by atoms with Crippen LogP contribution in [0, 0.1) is 6.92 Å². The predicted molar refractivity (Wildman–Crippen MR) is 94.4 cm³/mol. The zero-order valence-corrected chi connectivity index (χ0v) is 14.5. The van der Waals surface area contributed by atoms with E-state index in [9.17, 15) is 4.79 Å². The molecule has 0 bridgehead atoms. The predicted octanol–water partition coefficient (Wildman–Crippen LogP) is 2.15. The van der Waals surface area contributed by atoms with Crippen LogP contribution in [0.15, 0.2) is 36.8 Å². The Morgan fingerprint density at radius 1 is 1.30 bits per heavy atom. The number of pyridine rings is 1. The molecule has 0 atom stereocenters. The molecule has 2 aromatic rings. The summed E-state index contributed by atoms with van der Waals surface area (Å²) < 4.78 is 1.78. The summed E-state index contributed by atoms with van der Waals surface area (Å²) in [5.41, 5.74) is 0.429. The van der Waals surface area contributed by atoms with E-state index >= 15 is 0 Å². The largest absolute Gasteiger partial charge is 0.317 e. The van der Waals surface area contributed by atoms with E-state index in [2.05, 4.69) is 20.7 Å². The molecule has 126 valence electrons. The van der Waals surface area contributed by atoms with Gasteiger partial charge in [-0.3, -0.25) is 9.48 Å². The highest BCUT2D eigenvalue weighted by molar-refractivity contribution is 5.96. The molecule has 3 rings (SSSR count). The molecule has 2 aromatic heterocycles. The molecule has 1 amide bonds. The van der Waals surface area contributed by atoms with Gasteiger partial charge in [-0.1, -0.05) is 6.07 Å². The van der Waals surface area contributed by atoms with E-state index < -0.39 is 5.54 Å². The molecule has 0 saturated carbocycles. The van der Waals surface area contributed by atoms with Crippen molar-refractivity contribution >= 4 is 36.5 Å². The Kier molecular flexibility index (Phi) is 7.00. The van der Waals surface area contributed by atoms with Gasteiger partial charge in [-0.25, -0.2) is 4.98 Å². The summed E-state index contributed by atoms with van der Waals surface area (Å²) in [6.45, 7) is 3.57. The lowest BCUT2D eigenvalue weighted by Gasteiger charge is -2.36. The maximum Gasteiger partial charge on any atom is 0.253 e. The van der Waals surface area contributed by atoms with Crippen LogP contribution < -0.4 is 10.6 Å². The van der Waals surface area contributed by atoms with Crippen LogP contribution >= 0.6 is 24.8 Å². The minimum Gasteiger partial charge on any atom is -0.317 e. The first-order chi connectivity index (χ1) is 10.2. The second kappa shape index (κ2) is 8.29. The van der Waals surface area contributed by atoms with Crippen molar-refractivity contribution in [1.82, 2.24) is 20.1 Å². The highest BCUT2D eigenvalue weighted by Crippen LogP contribution is 2.28. The maximum absolute atomic E-state index is 12.8. The van der Waals surface area contributed by atoms with Crippen LogP contribution in [0.3, 0.4) is 0 Å². The van der Waals surface area contributed by atoms with Gasteiger partial charge in [-0.15, -0.1) is 24.8 Å². The zero-order valence-electron chi connectivity index (χ0n) is 12.9. The zero-order chi connectivity index (χ0) is 14.7. The molecular formula is C15H21Cl2N5O. The summed E-state index contributed by atoms with van der Waals surface area (Å²) >= 11 is 0. The lowest BCUT2D eigenvalue weighted by molar-refractivity contribution is -0.126. The molecule has 8 heteroatoms. The van der Waals surface area contributed by atoms with Crippen molar-refractivity contribution in [2.24, 2.45) is 0 Å². The van der Waals surface area contributed by atoms with Crippen LogP contribution in [0.4, 0.5) is 5.82 Å². The first-order valence-corrected chi connectivity index (χ1v) is 7.16. The van der Waals surface area contributed by atoms with Crippen LogP contribution in [0.1, 0.15) is 18.4 Å². The fourth-order valence-electron chi connectivity index (χ4n) is 2.70. The number of piperidine rings is 1. The molecule has 1 saturated heterocycles. The molecule has 1 aliphatic rings. The Labute approximate surface area is 147 Å². The Bertz CT molecular complexity index is 609. The fourth-order valence-corrected chi connectivity index (χ4v) is 2.70. The smallest absolute Gasteiger partial charge is 0.253 e. The third-order valence-electron chi connectivity index (χ3n) is 3.95. The average Bonchev–Trinajstić information content (AvgIpc) is 3.05. The fraction of sp³-hybridized carbons (Fsp3) is 0.400. The Morgan fingerprint density at radius 2 is 2.04 bits per heavy atom. The van der Waals surface area contributed by atoms with Crippen LogP contribution in [0.25, 0.3) is 0 Å². The van der Waals surface area contributed by atoms with Gasteiger partial charge in [-0.2, -0.15) is 5.10 Å². The summed E-state index contributed by atoms with van der Waals surface area (Å²) in [4.78, 5) is 17.1. The molecule has 0 spiro atoms. The number of hydrogen-bond donors (Lipinski definition) is 2. The lowest BCUT2D eigenvalue weighted by Crippen LogP contribution is -2.52. The SMILES string of the molecule is Cc1ccc(NC(=O)C2(n3cccn3)CCNCC2)nc1.Cl.Cl. The molecule has 1 fully saturated rings. The monoisotopic (exact) mass is 357 g/mol. The van der Waals surface area contributed by atoms with E-state index in [4.69, 9.17) is 0 Å². The van der Waals surface area contributed by atoms with Crippen LogP contribution in [-0.2, 0) is 10.3 Å². The van der Waals surface area contributed by atoms with Crippen molar-refractivity contribution in [1.29, 1.82) is 0 Å². The van der Waals surface area contributed by atoms with Crippen molar-refractivity contribution in [3.05, 3.63) is 42.4 Å². The van der Waals surface area contributed by atoms with E-state index in [1.807, 2.05) is 31.3 Å². The minimum atomic E-state index is -0.638. The van der Waals surface area contributed by atoms with E-state index in [1.54, 1.807) is 17.1 Å². The first-order valence-electron chi connectivity index (χ1n) is 7.16. The number of hydrogen-bond acceptors (Lipinski definition) is 4. The molecule has 0 aliphatic carbocycles. The number of aromatic nitrogens is 3. The van der Waals surface area contributed by atoms with Gasteiger partial charge in [0.1, 0.15) is 11.4 Å². The van der Waals surface area contributed by atoms with Crippen molar-refractivity contribution < 1.29 is 4.79 Å². The van der Waals surface area contributed by atoms with E-state index in [1.165, 1.54) is 0 Å². The molecule has 6 nitrogen and oxygen atoms in total. The molecule has 3 heterocycles. The topological polar surface area (TPSA) is 71.8 Å². The second-order valence-electron chi connectivity index (χ2n) is 5.41. The molecule has 0 aromatic carbocycles. The van der Waals surface area contributed by atoms with Crippen molar-refractivity contribution in [2.75, 3.05) is 18.4 Å². The quantitative estimate of drug-likeness (QED) is 0.882. The van der Waals surface area contributed by atoms with Gasteiger partial charge in [0, 0.05) is 18.6 Å². The molecule has 2 N–H and O–H groups in total. The summed E-state index contributed by atoms with van der Waals surface area (Å²) in [5.74, 6) is 0.528. The van der Waals surface area contributed by atoms with Crippen molar-refractivity contribution in [3.63, 3.8) is 0 Å². The van der Waals surface area contributed by atoms with Crippen LogP contribution in [0.5, 0.6) is 0 Å². The molecule has 0 unspecified atom stereocenters. The molecular weight excluding hydrogens is 337 g/mol. The number of carbonyl (C=O) groups excluding carboxylic acids is 1. The number of rotatable bonds is 3. The molecule has 1 aliphatic heterocycles. The standard InChI is InChI=1S/C15H19N5O.2ClH/c1-12-3-4-13(17-11-12)19-14(21)15(5-8-16-9-6-15)20-10-2-7-18-20;;/h2-4,7,10-11,16H,5-6,8-9H2,1H3,(H,17,19,21);2*1H. The average molecular weight is 358 g/mol. The maximum atomic E-state index is 12.8. The van der Waals surface area contributed by atoms with E-state index in [-0.39, 0.29) is 30.7 Å². The van der Waals surface area contributed by atoms with Crippen LogP contribution in [-0.4, -0.2) is 33.8 Å². The number of aryl methyl sites for hydroxylation is 1. The van der Waals surface area contributed by atoms with Gasteiger partial charge in [0.05, 0.1) is 0 Å². The Hall–Kier alpha value is -1.63. The van der Waals surface area contributed by atoms with Crippen LogP contribution in [0.2, 0.25) is 0 Å². The first kappa shape index (κ1) is 19.4. The number of nitrogens with one attached hydrogen (secondary N) is 2. The van der Waals surface area contributed by atoms with Gasteiger partial charge in [0.2, 0.25) is 0 Å². The summed E-state index contributed by atoms with van der Waals surface area (Å²) in [7, 11) is 0. The van der Waals surface area contributed by atoms with Gasteiger partial charge < -0.3 is 10.6 Å². The van der Waals surface area contributed by atoms with E-state index in [0.717, 1.165) is 18.7 Å². The van der Waals surface area contributed by atoms with E-state index in [0.29, 0.717) is 18.7 Å². The summed E-state index contributed by atoms with van der Waals surface area (Å²) in [6, 6.07) is 5.61. The van der Waals surface area contributed by atoms with Gasteiger partial charge in [0.25, 0.3) is 5.91 Å². The number of amides is 1. The highest BCUT2D eigenvalue weighted by atomic mass is 35.5. The summed E-state index contributed by atoms with van der Waals surface area (Å²) in [6.07, 6.45) is 6.74. The van der Waals surface area contributed by atoms with Gasteiger partial charge in [0.15, 0.2) is 0 Å². The number of carbonyl (C=O) groups is 1. The second-order valence-corrected chi connectivity index (χ2v) is 5.41. The number of nitrogens with zero attached hydrogens (tertiary/aromatic N) is 3.